The van der Waals surface area contributed by atoms with E-state index >= 15 is 0 Å². The van der Waals surface area contributed by atoms with Gasteiger partial charge in [0.15, 0.2) is 6.61 Å². The molecule has 1 amide bonds. The van der Waals surface area contributed by atoms with Crippen molar-refractivity contribution in [3.63, 3.8) is 0 Å². The monoisotopic (exact) mass is 393 g/mol. The third-order valence-corrected chi connectivity index (χ3v) is 5.56. The van der Waals surface area contributed by atoms with Crippen molar-refractivity contribution in [1.29, 1.82) is 0 Å². The zero-order valence-corrected chi connectivity index (χ0v) is 16.6. The Hall–Kier alpha value is -2.44. The highest BCUT2D eigenvalue weighted by atomic mass is 19.1. The summed E-state index contributed by atoms with van der Waals surface area (Å²) in [5.74, 6) is -2.33. The summed E-state index contributed by atoms with van der Waals surface area (Å²) in [5, 5.41) is 2.56. The molecule has 2 rings (SSSR count). The fraction of sp³-hybridized carbons (Fsp3) is 0.571. The molecule has 0 heterocycles. The standard InChI is InChI=1S/C21H28FNO5/c1-4-14(2)18(19(25)27-3)23-17(24)13-28-20(26)21(11-7-8-12-21)15-9-5-6-10-16(15)22/h5-6,9-10,14,18H,4,7-8,11-13H2,1-3H3,(H,23,24)/t14-,18+/m1/s1. The summed E-state index contributed by atoms with van der Waals surface area (Å²) in [4.78, 5) is 37.0. The second kappa shape index (κ2) is 9.66. The number of hydrogen-bond acceptors (Lipinski definition) is 5. The zero-order valence-electron chi connectivity index (χ0n) is 16.6. The molecule has 1 saturated carbocycles. The molecule has 0 radical (unpaired) electrons. The predicted molar refractivity (Wildman–Crippen MR) is 101 cm³/mol. The minimum absolute atomic E-state index is 0.133. The van der Waals surface area contributed by atoms with Gasteiger partial charge < -0.3 is 14.8 Å². The Bertz CT molecular complexity index is 715. The molecule has 0 bridgehead atoms. The van der Waals surface area contributed by atoms with Gasteiger partial charge in [-0.3, -0.25) is 9.59 Å². The first-order valence-corrected chi connectivity index (χ1v) is 9.65. The van der Waals surface area contributed by atoms with Crippen LogP contribution in [0, 0.1) is 11.7 Å². The Morgan fingerprint density at radius 2 is 1.86 bits per heavy atom. The number of rotatable bonds is 8. The van der Waals surface area contributed by atoms with E-state index in [1.54, 1.807) is 18.2 Å². The molecule has 28 heavy (non-hydrogen) atoms. The van der Waals surface area contributed by atoms with Crippen molar-refractivity contribution < 1.29 is 28.2 Å². The fourth-order valence-electron chi connectivity index (χ4n) is 3.69. The van der Waals surface area contributed by atoms with Crippen LogP contribution in [0.2, 0.25) is 0 Å². The minimum atomic E-state index is -1.07. The van der Waals surface area contributed by atoms with Crippen LogP contribution in [0.25, 0.3) is 0 Å². The van der Waals surface area contributed by atoms with Crippen LogP contribution in [0.4, 0.5) is 4.39 Å². The Kier molecular flexibility index (Phi) is 7.54. The lowest BCUT2D eigenvalue weighted by Gasteiger charge is -2.28. The summed E-state index contributed by atoms with van der Waals surface area (Å²) < 4.78 is 24.3. The summed E-state index contributed by atoms with van der Waals surface area (Å²) in [6.07, 6.45) is 3.19. The molecular formula is C21H28FNO5. The van der Waals surface area contributed by atoms with Crippen LogP contribution < -0.4 is 5.32 Å². The molecule has 1 aliphatic carbocycles. The molecule has 6 nitrogen and oxygen atoms in total. The molecule has 0 spiro atoms. The van der Waals surface area contributed by atoms with Crippen LogP contribution in [0.5, 0.6) is 0 Å². The number of hydrogen-bond donors (Lipinski definition) is 1. The average Bonchev–Trinajstić information content (AvgIpc) is 3.20. The Morgan fingerprint density at radius 3 is 2.43 bits per heavy atom. The highest BCUT2D eigenvalue weighted by Crippen LogP contribution is 2.43. The normalized spacial score (nSPS) is 17.4. The van der Waals surface area contributed by atoms with Crippen molar-refractivity contribution in [3.8, 4) is 0 Å². The van der Waals surface area contributed by atoms with Crippen molar-refractivity contribution >= 4 is 17.8 Å². The first-order valence-electron chi connectivity index (χ1n) is 9.65. The van der Waals surface area contributed by atoms with Crippen molar-refractivity contribution in [2.24, 2.45) is 5.92 Å². The maximum absolute atomic E-state index is 14.3. The number of carbonyl (C=O) groups excluding carboxylic acids is 3. The third-order valence-electron chi connectivity index (χ3n) is 5.56. The Labute approximate surface area is 164 Å². The summed E-state index contributed by atoms with van der Waals surface area (Å²) >= 11 is 0. The van der Waals surface area contributed by atoms with Gasteiger partial charge in [0.25, 0.3) is 5.91 Å². The van der Waals surface area contributed by atoms with E-state index < -0.39 is 41.7 Å². The Morgan fingerprint density at radius 1 is 1.21 bits per heavy atom. The number of esters is 2. The van der Waals surface area contributed by atoms with Gasteiger partial charge in [0, 0.05) is 5.56 Å². The second-order valence-electron chi connectivity index (χ2n) is 7.30. The second-order valence-corrected chi connectivity index (χ2v) is 7.30. The summed E-state index contributed by atoms with van der Waals surface area (Å²) in [6.45, 7) is 3.18. The summed E-state index contributed by atoms with van der Waals surface area (Å²) in [5.41, 5.74) is -0.755. The van der Waals surface area contributed by atoms with E-state index in [-0.39, 0.29) is 5.92 Å². The number of methoxy groups -OCH3 is 1. The fourth-order valence-corrected chi connectivity index (χ4v) is 3.69. The SMILES string of the molecule is CC[C@@H](C)[C@H](NC(=O)COC(=O)C1(c2ccccc2F)CCCC1)C(=O)OC. The molecule has 2 atom stereocenters. The largest absolute Gasteiger partial charge is 0.467 e. The predicted octanol–water partition coefficient (Wildman–Crippen LogP) is 2.88. The molecule has 1 fully saturated rings. The van der Waals surface area contributed by atoms with Crippen LogP contribution in [-0.4, -0.2) is 37.6 Å². The van der Waals surface area contributed by atoms with E-state index in [0.717, 1.165) is 12.8 Å². The number of carbonyl (C=O) groups is 3. The first-order chi connectivity index (χ1) is 13.4. The smallest absolute Gasteiger partial charge is 0.328 e. The van der Waals surface area contributed by atoms with Crippen LogP contribution >= 0.6 is 0 Å². The highest BCUT2D eigenvalue weighted by molar-refractivity contribution is 5.89. The van der Waals surface area contributed by atoms with Crippen LogP contribution in [-0.2, 0) is 29.3 Å². The van der Waals surface area contributed by atoms with Gasteiger partial charge >= 0.3 is 11.9 Å². The maximum atomic E-state index is 14.3. The molecule has 1 aromatic rings. The van der Waals surface area contributed by atoms with E-state index in [4.69, 9.17) is 9.47 Å². The van der Waals surface area contributed by atoms with Crippen molar-refractivity contribution in [3.05, 3.63) is 35.6 Å². The molecular weight excluding hydrogens is 365 g/mol. The highest BCUT2D eigenvalue weighted by Gasteiger charge is 2.46. The van der Waals surface area contributed by atoms with E-state index in [2.05, 4.69) is 5.32 Å². The maximum Gasteiger partial charge on any atom is 0.328 e. The minimum Gasteiger partial charge on any atom is -0.467 e. The summed E-state index contributed by atoms with van der Waals surface area (Å²) in [7, 11) is 1.25. The number of halogens is 1. The van der Waals surface area contributed by atoms with E-state index in [9.17, 15) is 18.8 Å². The summed E-state index contributed by atoms with van der Waals surface area (Å²) in [6, 6.07) is 5.36. The van der Waals surface area contributed by atoms with E-state index in [1.807, 2.05) is 13.8 Å². The Balaban J connectivity index is 2.06. The molecule has 0 aromatic heterocycles. The molecule has 1 N–H and O–H groups in total. The lowest BCUT2D eigenvalue weighted by atomic mass is 9.78. The molecule has 0 saturated heterocycles. The van der Waals surface area contributed by atoms with Gasteiger partial charge in [0.05, 0.1) is 12.5 Å². The van der Waals surface area contributed by atoms with Crippen LogP contribution in [0.3, 0.4) is 0 Å². The first kappa shape index (κ1) is 21.9. The molecule has 7 heteroatoms. The topological polar surface area (TPSA) is 81.7 Å². The number of nitrogens with one attached hydrogen (secondary N) is 1. The van der Waals surface area contributed by atoms with Gasteiger partial charge in [-0.2, -0.15) is 0 Å². The number of ether oxygens (including phenoxy) is 2. The van der Waals surface area contributed by atoms with Gasteiger partial charge in [0.2, 0.25) is 0 Å². The lowest BCUT2D eigenvalue weighted by Crippen LogP contribution is -2.47. The molecule has 154 valence electrons. The average molecular weight is 393 g/mol. The molecule has 1 aromatic carbocycles. The van der Waals surface area contributed by atoms with E-state index in [1.165, 1.54) is 13.2 Å². The van der Waals surface area contributed by atoms with Crippen molar-refractivity contribution in [2.75, 3.05) is 13.7 Å². The van der Waals surface area contributed by atoms with Gasteiger partial charge in [-0.05, 0) is 24.8 Å². The molecule has 0 unspecified atom stereocenters. The zero-order chi connectivity index (χ0) is 20.7. The van der Waals surface area contributed by atoms with Gasteiger partial charge in [-0.25, -0.2) is 9.18 Å². The molecule has 0 aliphatic heterocycles. The van der Waals surface area contributed by atoms with Crippen LogP contribution in [0.15, 0.2) is 24.3 Å². The number of amides is 1. The van der Waals surface area contributed by atoms with Gasteiger partial charge in [-0.15, -0.1) is 0 Å². The van der Waals surface area contributed by atoms with E-state index in [0.29, 0.717) is 24.8 Å². The number of benzene rings is 1. The van der Waals surface area contributed by atoms with Crippen molar-refractivity contribution in [1.82, 2.24) is 5.32 Å². The lowest BCUT2D eigenvalue weighted by molar-refractivity contribution is -0.155. The van der Waals surface area contributed by atoms with Gasteiger partial charge in [-0.1, -0.05) is 51.3 Å². The third kappa shape index (κ3) is 4.69. The van der Waals surface area contributed by atoms with Gasteiger partial charge in [0.1, 0.15) is 11.9 Å². The quantitative estimate of drug-likeness (QED) is 0.687. The van der Waals surface area contributed by atoms with Crippen molar-refractivity contribution in [2.45, 2.75) is 57.4 Å². The van der Waals surface area contributed by atoms with Crippen LogP contribution in [0.1, 0.15) is 51.5 Å². The molecule has 1 aliphatic rings.